The van der Waals surface area contributed by atoms with E-state index < -0.39 is 11.4 Å². The lowest BCUT2D eigenvalue weighted by Gasteiger charge is -2.22. The van der Waals surface area contributed by atoms with Gasteiger partial charge in [0.05, 0.1) is 21.3 Å². The van der Waals surface area contributed by atoms with Crippen molar-refractivity contribution in [1.82, 2.24) is 0 Å². The SMILES string of the molecule is COc1cc(OC)c(OC)c(CC(C)(C)N)c1F. The highest BCUT2D eigenvalue weighted by Gasteiger charge is 2.24. The van der Waals surface area contributed by atoms with Crippen LogP contribution in [0.5, 0.6) is 17.2 Å². The van der Waals surface area contributed by atoms with E-state index in [4.69, 9.17) is 19.9 Å². The third-order valence-corrected chi connectivity index (χ3v) is 2.52. The quantitative estimate of drug-likeness (QED) is 0.878. The fourth-order valence-corrected chi connectivity index (χ4v) is 1.78. The molecule has 102 valence electrons. The molecule has 1 aromatic rings. The number of hydrogen-bond donors (Lipinski definition) is 1. The minimum absolute atomic E-state index is 0.117. The van der Waals surface area contributed by atoms with Gasteiger partial charge in [0.2, 0.25) is 0 Å². The van der Waals surface area contributed by atoms with E-state index in [9.17, 15) is 4.39 Å². The molecule has 0 saturated heterocycles. The molecule has 0 fully saturated rings. The Balaban J connectivity index is 3.43. The Bertz CT molecular complexity index is 427. The van der Waals surface area contributed by atoms with Crippen LogP contribution < -0.4 is 19.9 Å². The Hall–Kier alpha value is -1.49. The molecule has 0 heterocycles. The summed E-state index contributed by atoms with van der Waals surface area (Å²) in [7, 11) is 4.37. The van der Waals surface area contributed by atoms with Gasteiger partial charge in [0.15, 0.2) is 23.1 Å². The summed E-state index contributed by atoms with van der Waals surface area (Å²) in [5.41, 5.74) is 5.74. The topological polar surface area (TPSA) is 53.7 Å². The van der Waals surface area contributed by atoms with Crippen LogP contribution in [0.15, 0.2) is 6.07 Å². The van der Waals surface area contributed by atoms with Gasteiger partial charge in [-0.2, -0.15) is 0 Å². The van der Waals surface area contributed by atoms with Crippen LogP contribution in [0.1, 0.15) is 19.4 Å². The molecule has 0 amide bonds. The smallest absolute Gasteiger partial charge is 0.172 e. The molecule has 2 N–H and O–H groups in total. The van der Waals surface area contributed by atoms with Crippen LogP contribution in [0, 0.1) is 5.82 Å². The standard InChI is InChI=1S/C13H20FNO3/c1-13(2,15)7-8-11(14)9(16-3)6-10(17-4)12(8)18-5/h6H,7,15H2,1-5H3. The van der Waals surface area contributed by atoms with E-state index >= 15 is 0 Å². The molecule has 1 rings (SSSR count). The largest absolute Gasteiger partial charge is 0.494 e. The first-order valence-corrected chi connectivity index (χ1v) is 5.60. The second-order valence-corrected chi connectivity index (χ2v) is 4.77. The molecule has 0 saturated carbocycles. The Morgan fingerprint density at radius 1 is 1.11 bits per heavy atom. The molecule has 5 heteroatoms. The fraction of sp³-hybridized carbons (Fsp3) is 0.538. The summed E-state index contributed by atoms with van der Waals surface area (Å²) in [4.78, 5) is 0. The predicted molar refractivity (Wildman–Crippen MR) is 68.0 cm³/mol. The third-order valence-electron chi connectivity index (χ3n) is 2.52. The van der Waals surface area contributed by atoms with Gasteiger partial charge in [-0.05, 0) is 20.3 Å². The second kappa shape index (κ2) is 5.44. The van der Waals surface area contributed by atoms with E-state index in [1.54, 1.807) is 0 Å². The number of rotatable bonds is 5. The van der Waals surface area contributed by atoms with Gasteiger partial charge in [0, 0.05) is 17.2 Å². The van der Waals surface area contributed by atoms with E-state index in [0.717, 1.165) is 0 Å². The first-order valence-electron chi connectivity index (χ1n) is 5.60. The number of benzene rings is 1. The third kappa shape index (κ3) is 3.04. The minimum Gasteiger partial charge on any atom is -0.494 e. The van der Waals surface area contributed by atoms with E-state index in [1.165, 1.54) is 27.4 Å². The molecule has 0 unspecified atom stereocenters. The van der Waals surface area contributed by atoms with Crippen LogP contribution in [-0.2, 0) is 6.42 Å². The summed E-state index contributed by atoms with van der Waals surface area (Å²) < 4.78 is 29.6. The van der Waals surface area contributed by atoms with E-state index in [2.05, 4.69) is 0 Å². The highest BCUT2D eigenvalue weighted by atomic mass is 19.1. The van der Waals surface area contributed by atoms with Crippen molar-refractivity contribution in [1.29, 1.82) is 0 Å². The minimum atomic E-state index is -0.564. The van der Waals surface area contributed by atoms with Crippen molar-refractivity contribution in [3.8, 4) is 17.2 Å². The molecule has 0 aliphatic rings. The van der Waals surface area contributed by atoms with Crippen molar-refractivity contribution < 1.29 is 18.6 Å². The number of nitrogens with two attached hydrogens (primary N) is 1. The Kier molecular flexibility index (Phi) is 4.40. The average Bonchev–Trinajstić information content (AvgIpc) is 2.29. The summed E-state index contributed by atoms with van der Waals surface area (Å²) in [6, 6.07) is 1.46. The van der Waals surface area contributed by atoms with Crippen LogP contribution in [0.4, 0.5) is 4.39 Å². The van der Waals surface area contributed by atoms with E-state index in [-0.39, 0.29) is 5.75 Å². The molecular weight excluding hydrogens is 237 g/mol. The van der Waals surface area contributed by atoms with Gasteiger partial charge < -0.3 is 19.9 Å². The molecule has 0 bridgehead atoms. The summed E-state index contributed by atoms with van der Waals surface area (Å²) in [5, 5.41) is 0. The van der Waals surface area contributed by atoms with Crippen molar-refractivity contribution in [3.63, 3.8) is 0 Å². The fourth-order valence-electron chi connectivity index (χ4n) is 1.78. The maximum atomic E-state index is 14.3. The molecular formula is C13H20FNO3. The molecule has 1 aromatic carbocycles. The highest BCUT2D eigenvalue weighted by Crippen LogP contribution is 2.39. The lowest BCUT2D eigenvalue weighted by molar-refractivity contribution is 0.330. The monoisotopic (exact) mass is 257 g/mol. The molecule has 0 aliphatic heterocycles. The molecule has 18 heavy (non-hydrogen) atoms. The van der Waals surface area contributed by atoms with Gasteiger partial charge in [-0.1, -0.05) is 0 Å². The molecule has 0 aliphatic carbocycles. The van der Waals surface area contributed by atoms with Crippen molar-refractivity contribution in [2.75, 3.05) is 21.3 Å². The van der Waals surface area contributed by atoms with Gasteiger partial charge in [0.1, 0.15) is 0 Å². The molecule has 4 nitrogen and oxygen atoms in total. The van der Waals surface area contributed by atoms with Crippen LogP contribution in [0.3, 0.4) is 0 Å². The first kappa shape index (κ1) is 14.6. The second-order valence-electron chi connectivity index (χ2n) is 4.77. The van der Waals surface area contributed by atoms with E-state index in [0.29, 0.717) is 23.5 Å². The number of hydrogen-bond acceptors (Lipinski definition) is 4. The van der Waals surface area contributed by atoms with Crippen molar-refractivity contribution in [2.45, 2.75) is 25.8 Å². The van der Waals surface area contributed by atoms with Crippen LogP contribution in [0.25, 0.3) is 0 Å². The molecule has 0 spiro atoms. The van der Waals surface area contributed by atoms with Crippen LogP contribution in [0.2, 0.25) is 0 Å². The maximum absolute atomic E-state index is 14.3. The maximum Gasteiger partial charge on any atom is 0.172 e. The number of methoxy groups -OCH3 is 3. The van der Waals surface area contributed by atoms with Gasteiger partial charge in [-0.25, -0.2) is 4.39 Å². The number of ether oxygens (including phenoxy) is 3. The Morgan fingerprint density at radius 3 is 2.06 bits per heavy atom. The summed E-state index contributed by atoms with van der Waals surface area (Å²) in [5.74, 6) is 0.435. The van der Waals surface area contributed by atoms with Gasteiger partial charge in [-0.3, -0.25) is 0 Å². The highest BCUT2D eigenvalue weighted by molar-refractivity contribution is 5.53. The van der Waals surface area contributed by atoms with Gasteiger partial charge in [-0.15, -0.1) is 0 Å². The van der Waals surface area contributed by atoms with Gasteiger partial charge in [0.25, 0.3) is 0 Å². The zero-order valence-corrected chi connectivity index (χ0v) is 11.5. The number of halogens is 1. The Labute approximate surface area is 107 Å². The average molecular weight is 257 g/mol. The summed E-state index contributed by atoms with van der Waals surface area (Å²) in [6.45, 7) is 3.63. The van der Waals surface area contributed by atoms with E-state index in [1.807, 2.05) is 13.8 Å². The molecule has 0 radical (unpaired) electrons. The van der Waals surface area contributed by atoms with Crippen molar-refractivity contribution >= 4 is 0 Å². The summed E-state index contributed by atoms with van der Waals surface area (Å²) >= 11 is 0. The normalized spacial score (nSPS) is 11.3. The van der Waals surface area contributed by atoms with Crippen LogP contribution >= 0.6 is 0 Å². The van der Waals surface area contributed by atoms with Gasteiger partial charge >= 0.3 is 0 Å². The van der Waals surface area contributed by atoms with Crippen molar-refractivity contribution in [2.24, 2.45) is 5.73 Å². The lowest BCUT2D eigenvalue weighted by atomic mass is 9.94. The zero-order valence-electron chi connectivity index (χ0n) is 11.5. The lowest BCUT2D eigenvalue weighted by Crippen LogP contribution is -2.35. The Morgan fingerprint density at radius 2 is 1.67 bits per heavy atom. The zero-order chi connectivity index (χ0) is 13.9. The first-order chi connectivity index (χ1) is 8.34. The molecule has 0 aromatic heterocycles. The predicted octanol–water partition coefficient (Wildman–Crippen LogP) is 2.13. The van der Waals surface area contributed by atoms with Crippen LogP contribution in [-0.4, -0.2) is 26.9 Å². The molecule has 0 atom stereocenters. The van der Waals surface area contributed by atoms with Crippen molar-refractivity contribution in [3.05, 3.63) is 17.4 Å². The summed E-state index contributed by atoms with van der Waals surface area (Å²) in [6.07, 6.45) is 0.315.